The van der Waals surface area contributed by atoms with E-state index in [-0.39, 0.29) is 30.8 Å². The van der Waals surface area contributed by atoms with Gasteiger partial charge in [-0.25, -0.2) is 0 Å². The van der Waals surface area contributed by atoms with Gasteiger partial charge in [-0.1, -0.05) is 0 Å². The van der Waals surface area contributed by atoms with Crippen LogP contribution in [0.15, 0.2) is 0 Å². The minimum absolute atomic E-state index is 0.122. The number of carbonyl (C=O) groups is 2. The molecule has 0 aromatic heterocycles. The molecule has 0 spiro atoms. The standard InChI is InChI=1S/C11H19NO4/c1-2-15-11(14)6-5-10(13)12-8-9-4-3-7-16-9/h9H,2-8H2,1H3,(H,12,13). The normalized spacial score (nSPS) is 19.4. The summed E-state index contributed by atoms with van der Waals surface area (Å²) in [4.78, 5) is 22.3. The van der Waals surface area contributed by atoms with Crippen LogP contribution in [-0.2, 0) is 19.1 Å². The van der Waals surface area contributed by atoms with Crippen LogP contribution in [-0.4, -0.2) is 37.7 Å². The van der Waals surface area contributed by atoms with E-state index in [9.17, 15) is 9.59 Å². The Bertz CT molecular complexity index is 236. The molecule has 1 heterocycles. The molecule has 0 saturated carbocycles. The molecule has 1 atom stereocenters. The SMILES string of the molecule is CCOC(=O)CCC(=O)NCC1CCCO1. The molecule has 16 heavy (non-hydrogen) atoms. The highest BCUT2D eigenvalue weighted by Crippen LogP contribution is 2.10. The Balaban J connectivity index is 2.04. The van der Waals surface area contributed by atoms with Gasteiger partial charge in [0.05, 0.1) is 19.1 Å². The van der Waals surface area contributed by atoms with Crippen molar-refractivity contribution < 1.29 is 19.1 Å². The van der Waals surface area contributed by atoms with Gasteiger partial charge in [-0.05, 0) is 19.8 Å². The van der Waals surface area contributed by atoms with Gasteiger partial charge in [0.2, 0.25) is 5.91 Å². The second kappa shape index (κ2) is 7.22. The average Bonchev–Trinajstić information content (AvgIpc) is 2.77. The summed E-state index contributed by atoms with van der Waals surface area (Å²) >= 11 is 0. The van der Waals surface area contributed by atoms with Crippen LogP contribution in [0.5, 0.6) is 0 Å². The molecule has 0 radical (unpaired) electrons. The van der Waals surface area contributed by atoms with Gasteiger partial charge in [-0.15, -0.1) is 0 Å². The van der Waals surface area contributed by atoms with Crippen LogP contribution in [0.3, 0.4) is 0 Å². The van der Waals surface area contributed by atoms with E-state index in [4.69, 9.17) is 9.47 Å². The molecule has 1 rings (SSSR count). The first-order chi connectivity index (χ1) is 7.72. The molecule has 5 heteroatoms. The second-order valence-electron chi connectivity index (χ2n) is 3.74. The molecule has 5 nitrogen and oxygen atoms in total. The van der Waals surface area contributed by atoms with Crippen LogP contribution in [0, 0.1) is 0 Å². The minimum Gasteiger partial charge on any atom is -0.466 e. The zero-order valence-electron chi connectivity index (χ0n) is 9.66. The minimum atomic E-state index is -0.324. The highest BCUT2D eigenvalue weighted by atomic mass is 16.5. The number of esters is 1. The fourth-order valence-corrected chi connectivity index (χ4v) is 1.57. The lowest BCUT2D eigenvalue weighted by Gasteiger charge is -2.10. The Labute approximate surface area is 95.5 Å². The highest BCUT2D eigenvalue weighted by Gasteiger charge is 2.16. The zero-order chi connectivity index (χ0) is 11.8. The molecule has 1 fully saturated rings. The summed E-state index contributed by atoms with van der Waals surface area (Å²) in [5.74, 6) is -0.446. The molecular formula is C11H19NO4. The predicted octanol–water partition coefficient (Wildman–Crippen LogP) is 0.625. The topological polar surface area (TPSA) is 64.6 Å². The van der Waals surface area contributed by atoms with Crippen molar-refractivity contribution in [1.29, 1.82) is 0 Å². The third kappa shape index (κ3) is 5.11. The monoisotopic (exact) mass is 229 g/mol. The van der Waals surface area contributed by atoms with E-state index < -0.39 is 0 Å². The van der Waals surface area contributed by atoms with Crippen molar-refractivity contribution in [1.82, 2.24) is 5.32 Å². The van der Waals surface area contributed by atoms with Gasteiger partial charge >= 0.3 is 5.97 Å². The number of amides is 1. The lowest BCUT2D eigenvalue weighted by molar-refractivity contribution is -0.144. The molecule has 0 aromatic rings. The lowest BCUT2D eigenvalue weighted by atomic mass is 10.2. The molecule has 1 N–H and O–H groups in total. The third-order valence-corrected chi connectivity index (χ3v) is 2.41. The Morgan fingerprint density at radius 1 is 1.44 bits per heavy atom. The van der Waals surface area contributed by atoms with Crippen LogP contribution in [0.4, 0.5) is 0 Å². The van der Waals surface area contributed by atoms with E-state index in [1.165, 1.54) is 0 Å². The quantitative estimate of drug-likeness (QED) is 0.678. The predicted molar refractivity (Wildman–Crippen MR) is 57.9 cm³/mol. The van der Waals surface area contributed by atoms with Gasteiger partial charge in [-0.2, -0.15) is 0 Å². The van der Waals surface area contributed by atoms with E-state index in [1.54, 1.807) is 6.92 Å². The Morgan fingerprint density at radius 2 is 2.25 bits per heavy atom. The van der Waals surface area contributed by atoms with Crippen molar-refractivity contribution in [3.63, 3.8) is 0 Å². The molecule has 1 aliphatic rings. The van der Waals surface area contributed by atoms with Crippen LogP contribution in [0.1, 0.15) is 32.6 Å². The van der Waals surface area contributed by atoms with Crippen molar-refractivity contribution in [3.8, 4) is 0 Å². The van der Waals surface area contributed by atoms with E-state index in [2.05, 4.69) is 5.32 Å². The Morgan fingerprint density at radius 3 is 2.88 bits per heavy atom. The van der Waals surface area contributed by atoms with Crippen molar-refractivity contribution in [2.24, 2.45) is 0 Å². The first-order valence-electron chi connectivity index (χ1n) is 5.76. The van der Waals surface area contributed by atoms with E-state index >= 15 is 0 Å². The van der Waals surface area contributed by atoms with Crippen molar-refractivity contribution in [2.45, 2.75) is 38.7 Å². The first-order valence-corrected chi connectivity index (χ1v) is 5.76. The van der Waals surface area contributed by atoms with E-state index in [0.717, 1.165) is 19.4 Å². The number of nitrogens with one attached hydrogen (secondary N) is 1. The van der Waals surface area contributed by atoms with Crippen molar-refractivity contribution in [2.75, 3.05) is 19.8 Å². The summed E-state index contributed by atoms with van der Waals surface area (Å²) in [6.45, 7) is 3.43. The fourth-order valence-electron chi connectivity index (χ4n) is 1.57. The Kier molecular flexibility index (Phi) is 5.85. The molecule has 0 aromatic carbocycles. The Hall–Kier alpha value is -1.10. The lowest BCUT2D eigenvalue weighted by Crippen LogP contribution is -2.31. The maximum absolute atomic E-state index is 11.3. The molecule has 0 bridgehead atoms. The molecular weight excluding hydrogens is 210 g/mol. The molecule has 92 valence electrons. The maximum atomic E-state index is 11.3. The van der Waals surface area contributed by atoms with Crippen molar-refractivity contribution in [3.05, 3.63) is 0 Å². The molecule has 0 aliphatic carbocycles. The summed E-state index contributed by atoms with van der Waals surface area (Å²) in [7, 11) is 0. The van der Waals surface area contributed by atoms with Gasteiger partial charge in [0.1, 0.15) is 0 Å². The number of carbonyl (C=O) groups excluding carboxylic acids is 2. The zero-order valence-corrected chi connectivity index (χ0v) is 9.66. The van der Waals surface area contributed by atoms with Crippen molar-refractivity contribution >= 4 is 11.9 Å². The van der Waals surface area contributed by atoms with Gasteiger partial charge in [0, 0.05) is 19.6 Å². The fraction of sp³-hybridized carbons (Fsp3) is 0.818. The van der Waals surface area contributed by atoms with Gasteiger partial charge < -0.3 is 14.8 Å². The largest absolute Gasteiger partial charge is 0.466 e. The highest BCUT2D eigenvalue weighted by molar-refractivity contribution is 5.81. The molecule has 1 aliphatic heterocycles. The van der Waals surface area contributed by atoms with Gasteiger partial charge in [-0.3, -0.25) is 9.59 Å². The van der Waals surface area contributed by atoms with Crippen LogP contribution in [0.2, 0.25) is 0 Å². The second-order valence-corrected chi connectivity index (χ2v) is 3.74. The summed E-state index contributed by atoms with van der Waals surface area (Å²) in [5, 5.41) is 2.75. The maximum Gasteiger partial charge on any atom is 0.306 e. The smallest absolute Gasteiger partial charge is 0.306 e. The summed E-state index contributed by atoms with van der Waals surface area (Å²) in [6, 6.07) is 0. The average molecular weight is 229 g/mol. The number of rotatable bonds is 6. The van der Waals surface area contributed by atoms with E-state index in [1.807, 2.05) is 0 Å². The van der Waals surface area contributed by atoms with Gasteiger partial charge in [0.15, 0.2) is 0 Å². The van der Waals surface area contributed by atoms with Crippen LogP contribution >= 0.6 is 0 Å². The molecule has 1 amide bonds. The van der Waals surface area contributed by atoms with Crippen LogP contribution < -0.4 is 5.32 Å². The molecule has 1 saturated heterocycles. The number of hydrogen-bond donors (Lipinski definition) is 1. The third-order valence-electron chi connectivity index (χ3n) is 2.41. The van der Waals surface area contributed by atoms with Gasteiger partial charge in [0.25, 0.3) is 0 Å². The summed E-state index contributed by atoms with van der Waals surface area (Å²) in [6.07, 6.45) is 2.53. The van der Waals surface area contributed by atoms with E-state index in [0.29, 0.717) is 13.2 Å². The molecule has 1 unspecified atom stereocenters. The summed E-state index contributed by atoms with van der Waals surface area (Å²) in [5.41, 5.74) is 0. The number of ether oxygens (including phenoxy) is 2. The summed E-state index contributed by atoms with van der Waals surface area (Å²) < 4.78 is 10.1. The number of hydrogen-bond acceptors (Lipinski definition) is 4. The van der Waals surface area contributed by atoms with Crippen LogP contribution in [0.25, 0.3) is 0 Å². The first kappa shape index (κ1) is 13.0.